The second kappa shape index (κ2) is 2.91. The molecule has 1 aromatic carbocycles. The molecule has 3 rings (SSSR count). The van der Waals surface area contributed by atoms with Crippen molar-refractivity contribution in [2.75, 3.05) is 17.2 Å². The lowest BCUT2D eigenvalue weighted by atomic mass is 9.96. The number of hydrogen-bond acceptors (Lipinski definition) is 2. The summed E-state index contributed by atoms with van der Waals surface area (Å²) in [5.41, 5.74) is 9.80. The minimum absolute atomic E-state index is 0.771. The zero-order valence-electron chi connectivity index (χ0n) is 8.37. The zero-order valence-corrected chi connectivity index (χ0v) is 8.37. The number of nitrogens with zero attached hydrogens (tertiary/aromatic N) is 1. The van der Waals surface area contributed by atoms with Gasteiger partial charge in [-0.05, 0) is 37.3 Å². The van der Waals surface area contributed by atoms with Crippen molar-refractivity contribution in [1.29, 1.82) is 0 Å². The van der Waals surface area contributed by atoms with Crippen LogP contribution in [0.2, 0.25) is 0 Å². The maximum Gasteiger partial charge on any atom is 0.0634 e. The monoisotopic (exact) mass is 188 g/mol. The Bertz CT molecular complexity index is 359. The molecule has 2 heterocycles. The second-order valence-electron chi connectivity index (χ2n) is 4.38. The molecule has 0 saturated carbocycles. The molecule has 1 saturated heterocycles. The van der Waals surface area contributed by atoms with E-state index in [0.29, 0.717) is 0 Å². The maximum atomic E-state index is 6.06. The lowest BCUT2D eigenvalue weighted by Crippen LogP contribution is -2.34. The molecule has 0 bridgehead atoms. The normalized spacial score (nSPS) is 24.6. The van der Waals surface area contributed by atoms with Crippen molar-refractivity contribution in [2.24, 2.45) is 0 Å². The highest BCUT2D eigenvalue weighted by atomic mass is 15.2. The van der Waals surface area contributed by atoms with E-state index < -0.39 is 0 Å². The van der Waals surface area contributed by atoms with Crippen LogP contribution in [0.5, 0.6) is 0 Å². The SMILES string of the molecule is Nc1cccc2c1N1CCCC1CC2. The van der Waals surface area contributed by atoms with Crippen LogP contribution in [0.25, 0.3) is 0 Å². The molecule has 0 aliphatic carbocycles. The Morgan fingerprint density at radius 1 is 1.29 bits per heavy atom. The van der Waals surface area contributed by atoms with E-state index in [-0.39, 0.29) is 0 Å². The molecule has 74 valence electrons. The highest BCUT2D eigenvalue weighted by molar-refractivity contribution is 5.73. The first-order valence-corrected chi connectivity index (χ1v) is 5.50. The van der Waals surface area contributed by atoms with Crippen LogP contribution in [0, 0.1) is 0 Å². The Hall–Kier alpha value is -1.18. The average molecular weight is 188 g/mol. The predicted octanol–water partition coefficient (Wildman–Crippen LogP) is 2.18. The molecule has 0 amide bonds. The number of aryl methyl sites for hydroxylation is 1. The number of fused-ring (bicyclic) bond motifs is 3. The number of benzene rings is 1. The third-order valence-electron chi connectivity index (χ3n) is 3.56. The van der Waals surface area contributed by atoms with Gasteiger partial charge in [-0.1, -0.05) is 12.1 Å². The summed E-state index contributed by atoms with van der Waals surface area (Å²) >= 11 is 0. The fourth-order valence-electron chi connectivity index (χ4n) is 2.92. The lowest BCUT2D eigenvalue weighted by molar-refractivity contribution is 0.587. The topological polar surface area (TPSA) is 29.3 Å². The number of nitrogen functional groups attached to an aromatic ring is 1. The Morgan fingerprint density at radius 2 is 2.21 bits per heavy atom. The van der Waals surface area contributed by atoms with Gasteiger partial charge in [0.05, 0.1) is 11.4 Å². The molecule has 2 heteroatoms. The van der Waals surface area contributed by atoms with Gasteiger partial charge in [0.1, 0.15) is 0 Å². The van der Waals surface area contributed by atoms with Gasteiger partial charge in [0.2, 0.25) is 0 Å². The van der Waals surface area contributed by atoms with E-state index in [2.05, 4.69) is 17.0 Å². The van der Waals surface area contributed by atoms with Crippen molar-refractivity contribution >= 4 is 11.4 Å². The van der Waals surface area contributed by atoms with E-state index >= 15 is 0 Å². The summed E-state index contributed by atoms with van der Waals surface area (Å²) in [5.74, 6) is 0. The van der Waals surface area contributed by atoms with Crippen molar-refractivity contribution in [3.05, 3.63) is 23.8 Å². The second-order valence-corrected chi connectivity index (χ2v) is 4.38. The molecular weight excluding hydrogens is 172 g/mol. The summed E-state index contributed by atoms with van der Waals surface area (Å²) < 4.78 is 0. The Kier molecular flexibility index (Phi) is 1.69. The molecule has 0 aromatic heterocycles. The van der Waals surface area contributed by atoms with Crippen LogP contribution < -0.4 is 10.6 Å². The summed E-state index contributed by atoms with van der Waals surface area (Å²) in [6, 6.07) is 7.09. The van der Waals surface area contributed by atoms with Crippen LogP contribution in [0.1, 0.15) is 24.8 Å². The molecule has 2 aliphatic rings. The van der Waals surface area contributed by atoms with E-state index in [0.717, 1.165) is 11.7 Å². The third kappa shape index (κ3) is 1.03. The van der Waals surface area contributed by atoms with Gasteiger partial charge in [0, 0.05) is 12.6 Å². The van der Waals surface area contributed by atoms with Gasteiger partial charge in [0.25, 0.3) is 0 Å². The first-order chi connectivity index (χ1) is 6.86. The van der Waals surface area contributed by atoms with Crippen molar-refractivity contribution in [3.8, 4) is 0 Å². The Balaban J connectivity index is 2.11. The lowest BCUT2D eigenvalue weighted by Gasteiger charge is -2.34. The quantitative estimate of drug-likeness (QED) is 0.632. The largest absolute Gasteiger partial charge is 0.397 e. The first-order valence-electron chi connectivity index (χ1n) is 5.50. The number of anilines is 2. The molecule has 0 spiro atoms. The first kappa shape index (κ1) is 8.16. The van der Waals surface area contributed by atoms with Gasteiger partial charge in [-0.2, -0.15) is 0 Å². The fourth-order valence-corrected chi connectivity index (χ4v) is 2.92. The van der Waals surface area contributed by atoms with Crippen LogP contribution in [0.15, 0.2) is 18.2 Å². The van der Waals surface area contributed by atoms with Crippen LogP contribution in [-0.4, -0.2) is 12.6 Å². The number of hydrogen-bond donors (Lipinski definition) is 1. The van der Waals surface area contributed by atoms with E-state index in [4.69, 9.17) is 5.73 Å². The predicted molar refractivity (Wildman–Crippen MR) is 59.5 cm³/mol. The minimum atomic E-state index is 0.771. The molecule has 14 heavy (non-hydrogen) atoms. The Morgan fingerprint density at radius 3 is 3.14 bits per heavy atom. The molecule has 1 fully saturated rings. The van der Waals surface area contributed by atoms with Crippen LogP contribution >= 0.6 is 0 Å². The molecule has 2 N–H and O–H groups in total. The third-order valence-corrected chi connectivity index (χ3v) is 3.56. The smallest absolute Gasteiger partial charge is 0.0634 e. The average Bonchev–Trinajstić information content (AvgIpc) is 2.65. The van der Waals surface area contributed by atoms with Crippen molar-refractivity contribution in [2.45, 2.75) is 31.7 Å². The van der Waals surface area contributed by atoms with Gasteiger partial charge in [-0.15, -0.1) is 0 Å². The van der Waals surface area contributed by atoms with E-state index in [1.54, 1.807) is 0 Å². The molecule has 1 atom stereocenters. The molecule has 1 aromatic rings. The number of nitrogens with two attached hydrogens (primary N) is 1. The van der Waals surface area contributed by atoms with Gasteiger partial charge < -0.3 is 10.6 Å². The van der Waals surface area contributed by atoms with Gasteiger partial charge in [-0.25, -0.2) is 0 Å². The van der Waals surface area contributed by atoms with Gasteiger partial charge >= 0.3 is 0 Å². The zero-order chi connectivity index (χ0) is 9.54. The fraction of sp³-hybridized carbons (Fsp3) is 0.500. The highest BCUT2D eigenvalue weighted by Gasteiger charge is 2.30. The molecule has 0 radical (unpaired) electrons. The van der Waals surface area contributed by atoms with Gasteiger partial charge in [-0.3, -0.25) is 0 Å². The Labute approximate surface area is 84.7 Å². The van der Waals surface area contributed by atoms with Crippen molar-refractivity contribution in [3.63, 3.8) is 0 Å². The number of para-hydroxylation sites is 1. The molecule has 2 nitrogen and oxygen atoms in total. The molecular formula is C12H16N2. The van der Waals surface area contributed by atoms with Gasteiger partial charge in [0.15, 0.2) is 0 Å². The summed E-state index contributed by atoms with van der Waals surface area (Å²) in [5, 5.41) is 0. The molecule has 2 aliphatic heterocycles. The van der Waals surface area contributed by atoms with E-state index in [1.165, 1.54) is 43.5 Å². The number of rotatable bonds is 0. The highest BCUT2D eigenvalue weighted by Crippen LogP contribution is 2.39. The molecule has 1 unspecified atom stereocenters. The van der Waals surface area contributed by atoms with Crippen LogP contribution in [0.4, 0.5) is 11.4 Å². The minimum Gasteiger partial charge on any atom is -0.397 e. The van der Waals surface area contributed by atoms with E-state index in [9.17, 15) is 0 Å². The van der Waals surface area contributed by atoms with Crippen molar-refractivity contribution in [1.82, 2.24) is 0 Å². The summed E-state index contributed by atoms with van der Waals surface area (Å²) in [4.78, 5) is 2.52. The van der Waals surface area contributed by atoms with E-state index in [1.807, 2.05) is 6.07 Å². The summed E-state index contributed by atoms with van der Waals surface area (Å²) in [6.07, 6.45) is 5.21. The maximum absolute atomic E-state index is 6.06. The van der Waals surface area contributed by atoms with Crippen molar-refractivity contribution < 1.29 is 0 Å². The summed E-state index contributed by atoms with van der Waals surface area (Å²) in [6.45, 7) is 1.20. The standard InChI is InChI=1S/C12H16N2/c13-11-5-1-3-9-6-7-10-4-2-8-14(10)12(9)11/h1,3,5,10H,2,4,6-8,13H2. The summed E-state index contributed by atoms with van der Waals surface area (Å²) in [7, 11) is 0. The van der Waals surface area contributed by atoms with Crippen LogP contribution in [-0.2, 0) is 6.42 Å². The van der Waals surface area contributed by atoms with Crippen LogP contribution in [0.3, 0.4) is 0 Å².